The predicted octanol–water partition coefficient (Wildman–Crippen LogP) is 1.82. The molecule has 1 amide bonds. The zero-order chi connectivity index (χ0) is 12.7. The molecule has 0 radical (unpaired) electrons. The van der Waals surface area contributed by atoms with E-state index in [9.17, 15) is 9.90 Å². The van der Waals surface area contributed by atoms with Crippen LogP contribution in [0.15, 0.2) is 24.3 Å². The third-order valence-electron chi connectivity index (χ3n) is 4.08. The van der Waals surface area contributed by atoms with Gasteiger partial charge in [-0.05, 0) is 43.9 Å². The third-order valence-corrected chi connectivity index (χ3v) is 4.08. The predicted molar refractivity (Wildman–Crippen MR) is 76.3 cm³/mol. The first-order chi connectivity index (χ1) is 8.65. The Kier molecular flexibility index (Phi) is 4.02. The lowest BCUT2D eigenvalue weighted by Gasteiger charge is -2.37. The number of halogens is 1. The Hall–Kier alpha value is -1.26. The monoisotopic (exact) mass is 282 g/mol. The Labute approximate surface area is 119 Å². The molecule has 19 heavy (non-hydrogen) atoms. The summed E-state index contributed by atoms with van der Waals surface area (Å²) >= 11 is 0. The van der Waals surface area contributed by atoms with Gasteiger partial charge in [0.05, 0.1) is 6.10 Å². The first-order valence-electron chi connectivity index (χ1n) is 6.51. The van der Waals surface area contributed by atoms with Crippen molar-refractivity contribution in [1.29, 1.82) is 0 Å². The number of fused-ring (bicyclic) bond motifs is 2. The Morgan fingerprint density at radius 2 is 1.89 bits per heavy atom. The van der Waals surface area contributed by atoms with E-state index in [1.807, 2.05) is 17.0 Å². The highest BCUT2D eigenvalue weighted by atomic mass is 35.5. The van der Waals surface area contributed by atoms with E-state index in [4.69, 9.17) is 5.73 Å². The molecule has 2 fully saturated rings. The van der Waals surface area contributed by atoms with Crippen LogP contribution in [0.3, 0.4) is 0 Å². The molecule has 4 nitrogen and oxygen atoms in total. The Bertz CT molecular complexity index is 466. The van der Waals surface area contributed by atoms with Crippen molar-refractivity contribution in [2.45, 2.75) is 43.9 Å². The lowest BCUT2D eigenvalue weighted by atomic mass is 9.98. The number of nitrogens with zero attached hydrogens (tertiary/aromatic N) is 1. The highest BCUT2D eigenvalue weighted by Gasteiger charge is 2.42. The highest BCUT2D eigenvalue weighted by Crippen LogP contribution is 2.36. The van der Waals surface area contributed by atoms with Crippen LogP contribution in [0.25, 0.3) is 0 Å². The molecule has 5 heteroatoms. The van der Waals surface area contributed by atoms with Crippen LogP contribution >= 0.6 is 12.4 Å². The molecule has 2 aliphatic rings. The van der Waals surface area contributed by atoms with Gasteiger partial charge in [-0.3, -0.25) is 4.79 Å². The van der Waals surface area contributed by atoms with Crippen molar-refractivity contribution in [3.8, 4) is 0 Å². The number of anilines is 1. The van der Waals surface area contributed by atoms with Crippen molar-refractivity contribution in [2.75, 3.05) is 5.73 Å². The number of carbonyl (C=O) groups excluding carboxylic acids is 1. The number of rotatable bonds is 1. The summed E-state index contributed by atoms with van der Waals surface area (Å²) in [5.41, 5.74) is 6.99. The van der Waals surface area contributed by atoms with Crippen molar-refractivity contribution in [3.05, 3.63) is 29.8 Å². The van der Waals surface area contributed by atoms with Crippen LogP contribution in [0.2, 0.25) is 0 Å². The summed E-state index contributed by atoms with van der Waals surface area (Å²) in [7, 11) is 0. The minimum atomic E-state index is -0.243. The molecule has 0 saturated carbocycles. The molecule has 2 heterocycles. The van der Waals surface area contributed by atoms with Gasteiger partial charge in [-0.15, -0.1) is 12.4 Å². The van der Waals surface area contributed by atoms with E-state index in [0.717, 1.165) is 12.8 Å². The number of benzene rings is 1. The SMILES string of the molecule is Cl.Nc1cccc(C(=O)N2C3CCC2CC(O)C3)c1. The summed E-state index contributed by atoms with van der Waals surface area (Å²) in [5, 5.41) is 9.75. The van der Waals surface area contributed by atoms with Gasteiger partial charge in [0.25, 0.3) is 5.91 Å². The molecule has 2 bridgehead atoms. The van der Waals surface area contributed by atoms with Gasteiger partial charge in [-0.25, -0.2) is 0 Å². The smallest absolute Gasteiger partial charge is 0.254 e. The van der Waals surface area contributed by atoms with Gasteiger partial charge < -0.3 is 15.7 Å². The largest absolute Gasteiger partial charge is 0.399 e. The lowest BCUT2D eigenvalue weighted by Crippen LogP contribution is -2.48. The first kappa shape index (κ1) is 14.2. The maximum absolute atomic E-state index is 12.5. The third kappa shape index (κ3) is 2.55. The summed E-state index contributed by atoms with van der Waals surface area (Å²) in [6.45, 7) is 0. The molecule has 1 aromatic carbocycles. The van der Waals surface area contributed by atoms with E-state index in [2.05, 4.69) is 0 Å². The van der Waals surface area contributed by atoms with Gasteiger partial charge in [0.1, 0.15) is 0 Å². The molecule has 2 unspecified atom stereocenters. The van der Waals surface area contributed by atoms with Gasteiger partial charge in [0, 0.05) is 23.3 Å². The van der Waals surface area contributed by atoms with Crippen LogP contribution < -0.4 is 5.73 Å². The second kappa shape index (κ2) is 5.39. The maximum Gasteiger partial charge on any atom is 0.254 e. The maximum atomic E-state index is 12.5. The van der Waals surface area contributed by atoms with E-state index < -0.39 is 0 Å². The number of hydrogen-bond acceptors (Lipinski definition) is 3. The van der Waals surface area contributed by atoms with Crippen molar-refractivity contribution in [1.82, 2.24) is 4.90 Å². The van der Waals surface area contributed by atoms with Crippen molar-refractivity contribution >= 4 is 24.0 Å². The molecule has 3 rings (SSSR count). The van der Waals surface area contributed by atoms with Crippen LogP contribution in [0.1, 0.15) is 36.0 Å². The van der Waals surface area contributed by atoms with Gasteiger partial charge in [-0.1, -0.05) is 6.07 Å². The summed E-state index contributed by atoms with van der Waals surface area (Å²) in [4.78, 5) is 14.5. The molecule has 0 aliphatic carbocycles. The van der Waals surface area contributed by atoms with Crippen molar-refractivity contribution in [3.63, 3.8) is 0 Å². The number of piperidine rings is 1. The molecule has 0 aromatic heterocycles. The normalized spacial score (nSPS) is 28.9. The molecule has 2 aliphatic heterocycles. The van der Waals surface area contributed by atoms with Gasteiger partial charge in [0.2, 0.25) is 0 Å². The van der Waals surface area contributed by atoms with Crippen molar-refractivity contribution < 1.29 is 9.90 Å². The van der Waals surface area contributed by atoms with Gasteiger partial charge >= 0.3 is 0 Å². The number of nitrogen functional groups attached to an aromatic ring is 1. The quantitative estimate of drug-likeness (QED) is 0.772. The minimum absolute atomic E-state index is 0. The summed E-state index contributed by atoms with van der Waals surface area (Å²) in [6.07, 6.45) is 3.20. The number of hydrogen-bond donors (Lipinski definition) is 2. The Balaban J connectivity index is 0.00000133. The lowest BCUT2D eigenvalue weighted by molar-refractivity contribution is 0.0287. The molecule has 2 saturated heterocycles. The minimum Gasteiger partial charge on any atom is -0.399 e. The van der Waals surface area contributed by atoms with Crippen LogP contribution in [-0.4, -0.2) is 34.1 Å². The number of carbonyl (C=O) groups is 1. The summed E-state index contributed by atoms with van der Waals surface area (Å²) < 4.78 is 0. The van der Waals surface area contributed by atoms with Gasteiger partial charge in [-0.2, -0.15) is 0 Å². The Morgan fingerprint density at radius 3 is 2.47 bits per heavy atom. The molecular weight excluding hydrogens is 264 g/mol. The summed E-state index contributed by atoms with van der Waals surface area (Å²) in [6, 6.07) is 7.53. The summed E-state index contributed by atoms with van der Waals surface area (Å²) in [5.74, 6) is 0.0571. The number of aliphatic hydroxyl groups is 1. The van der Waals surface area contributed by atoms with E-state index in [-0.39, 0.29) is 36.5 Å². The van der Waals surface area contributed by atoms with Crippen LogP contribution in [-0.2, 0) is 0 Å². The van der Waals surface area contributed by atoms with E-state index in [0.29, 0.717) is 24.1 Å². The van der Waals surface area contributed by atoms with Crippen LogP contribution in [0.4, 0.5) is 5.69 Å². The zero-order valence-corrected chi connectivity index (χ0v) is 11.5. The standard InChI is InChI=1S/C14H18N2O2.ClH/c15-10-3-1-2-9(6-10)14(18)16-11-4-5-12(16)8-13(17)7-11;/h1-3,6,11-13,17H,4-5,7-8,15H2;1H. The highest BCUT2D eigenvalue weighted by molar-refractivity contribution is 5.95. The fraction of sp³-hybridized carbons (Fsp3) is 0.500. The molecule has 104 valence electrons. The van der Waals surface area contributed by atoms with Crippen LogP contribution in [0.5, 0.6) is 0 Å². The Morgan fingerprint density at radius 1 is 1.26 bits per heavy atom. The fourth-order valence-electron chi connectivity index (χ4n) is 3.30. The average molecular weight is 283 g/mol. The number of amides is 1. The second-order valence-electron chi connectivity index (χ2n) is 5.35. The van der Waals surface area contributed by atoms with Crippen LogP contribution in [0, 0.1) is 0 Å². The molecule has 0 spiro atoms. The number of aliphatic hydroxyl groups excluding tert-OH is 1. The molecule has 2 atom stereocenters. The van der Waals surface area contributed by atoms with E-state index in [1.165, 1.54) is 0 Å². The molecule has 1 aromatic rings. The van der Waals surface area contributed by atoms with E-state index >= 15 is 0 Å². The second-order valence-corrected chi connectivity index (χ2v) is 5.35. The molecule has 3 N–H and O–H groups in total. The van der Waals surface area contributed by atoms with Crippen molar-refractivity contribution in [2.24, 2.45) is 0 Å². The average Bonchev–Trinajstić information content (AvgIpc) is 2.61. The zero-order valence-electron chi connectivity index (χ0n) is 10.7. The topological polar surface area (TPSA) is 66.6 Å². The van der Waals surface area contributed by atoms with E-state index in [1.54, 1.807) is 12.1 Å². The van der Waals surface area contributed by atoms with Gasteiger partial charge in [0.15, 0.2) is 0 Å². The first-order valence-corrected chi connectivity index (χ1v) is 6.51. The fourth-order valence-corrected chi connectivity index (χ4v) is 3.30. The molecular formula is C14H19ClN2O2. The number of nitrogens with two attached hydrogens (primary N) is 1.